The summed E-state index contributed by atoms with van der Waals surface area (Å²) in [6.45, 7) is 2.56. The minimum Gasteiger partial charge on any atom is -0.474 e. The molecule has 6 rings (SSSR count). The van der Waals surface area contributed by atoms with E-state index in [1.165, 1.54) is 0 Å². The molecule has 0 unspecified atom stereocenters. The average Bonchev–Trinajstić information content (AvgIpc) is 3.26. The quantitative estimate of drug-likeness (QED) is 0.460. The van der Waals surface area contributed by atoms with E-state index in [0.29, 0.717) is 25.3 Å². The Hall–Kier alpha value is -4.13. The second-order valence-electron chi connectivity index (χ2n) is 8.79. The summed E-state index contributed by atoms with van der Waals surface area (Å²) in [7, 11) is 0. The Bertz CT molecular complexity index is 1370. The van der Waals surface area contributed by atoms with Crippen molar-refractivity contribution in [3.05, 3.63) is 83.9 Å². The molecule has 0 aliphatic carbocycles. The fraction of sp³-hybridized carbons (Fsp3) is 0.222. The Labute approximate surface area is 197 Å². The monoisotopic (exact) mass is 449 g/mol. The van der Waals surface area contributed by atoms with Gasteiger partial charge < -0.3 is 9.64 Å². The molecule has 3 aromatic heterocycles. The van der Waals surface area contributed by atoms with Crippen LogP contribution in [0, 0.1) is 6.92 Å². The first-order chi connectivity index (χ1) is 16.7. The van der Waals surface area contributed by atoms with Gasteiger partial charge in [-0.05, 0) is 48.2 Å². The van der Waals surface area contributed by atoms with E-state index < -0.39 is 0 Å². The molecule has 7 heteroatoms. The Balaban J connectivity index is 1.20. The predicted octanol–water partition coefficient (Wildman–Crippen LogP) is 4.39. The maximum Gasteiger partial charge on any atom is 0.238 e. The summed E-state index contributed by atoms with van der Waals surface area (Å²) in [4.78, 5) is 23.4. The van der Waals surface area contributed by atoms with Crippen molar-refractivity contribution in [2.45, 2.75) is 32.2 Å². The number of carbonyl (C=O) groups is 1. The van der Waals surface area contributed by atoms with Crippen LogP contribution in [0.25, 0.3) is 22.4 Å². The molecule has 7 nitrogen and oxygen atoms in total. The van der Waals surface area contributed by atoms with Crippen molar-refractivity contribution in [2.24, 2.45) is 0 Å². The van der Waals surface area contributed by atoms with Gasteiger partial charge >= 0.3 is 0 Å². The van der Waals surface area contributed by atoms with E-state index in [0.717, 1.165) is 51.3 Å². The summed E-state index contributed by atoms with van der Waals surface area (Å²) >= 11 is 0. The van der Waals surface area contributed by atoms with Gasteiger partial charge in [0.05, 0.1) is 11.7 Å². The van der Waals surface area contributed by atoms with Crippen molar-refractivity contribution in [2.75, 3.05) is 11.5 Å². The summed E-state index contributed by atoms with van der Waals surface area (Å²) in [5, 5.41) is 8.25. The summed E-state index contributed by atoms with van der Waals surface area (Å²) in [6.07, 6.45) is 7.45. The lowest BCUT2D eigenvalue weighted by molar-refractivity contribution is -0.117. The van der Waals surface area contributed by atoms with E-state index in [-0.39, 0.29) is 11.9 Å². The smallest absolute Gasteiger partial charge is 0.238 e. The third kappa shape index (κ3) is 3.69. The molecule has 4 aromatic rings. The zero-order valence-corrected chi connectivity index (χ0v) is 18.8. The number of hydrogen-bond acceptors (Lipinski definition) is 6. The van der Waals surface area contributed by atoms with Crippen LogP contribution in [-0.2, 0) is 11.2 Å². The van der Waals surface area contributed by atoms with Crippen LogP contribution in [-0.4, -0.2) is 38.7 Å². The molecule has 0 spiro atoms. The molecule has 1 atom stereocenters. The van der Waals surface area contributed by atoms with Gasteiger partial charge in [0.15, 0.2) is 0 Å². The van der Waals surface area contributed by atoms with Crippen LogP contribution in [0.3, 0.4) is 0 Å². The number of amides is 1. The van der Waals surface area contributed by atoms with Crippen LogP contribution >= 0.6 is 0 Å². The van der Waals surface area contributed by atoms with Gasteiger partial charge in [0.2, 0.25) is 11.8 Å². The van der Waals surface area contributed by atoms with Crippen molar-refractivity contribution in [3.8, 4) is 28.3 Å². The first-order valence-corrected chi connectivity index (χ1v) is 11.4. The van der Waals surface area contributed by atoms with Crippen LogP contribution < -0.4 is 9.64 Å². The fourth-order valence-electron chi connectivity index (χ4n) is 4.68. The van der Waals surface area contributed by atoms with E-state index in [4.69, 9.17) is 4.74 Å². The van der Waals surface area contributed by atoms with Crippen molar-refractivity contribution < 1.29 is 9.53 Å². The number of anilines is 1. The van der Waals surface area contributed by atoms with E-state index in [9.17, 15) is 4.79 Å². The molecule has 5 heterocycles. The normalized spacial score (nSPS) is 16.7. The zero-order chi connectivity index (χ0) is 23.1. The Morgan fingerprint density at radius 3 is 2.62 bits per heavy atom. The molecule has 168 valence electrons. The molecule has 0 N–H and O–H groups in total. The Morgan fingerprint density at radius 1 is 1.00 bits per heavy atom. The van der Waals surface area contributed by atoms with Crippen molar-refractivity contribution in [3.63, 3.8) is 0 Å². The van der Waals surface area contributed by atoms with Gasteiger partial charge in [-0.3, -0.25) is 9.78 Å². The standard InChI is InChI=1S/C27H23N5O2/c1-17-10-11-30-31-26(17)20-4-2-19(3-5-20)21-6-7-22(28-15-21)12-18-13-24-27(29-14-18)34-16-23-8-9-25(33)32(23)24/h2-7,10-11,13-15,23H,8-9,12,16H2,1H3/t23-/m0/s1. The van der Waals surface area contributed by atoms with Crippen LogP contribution in [0.5, 0.6) is 5.88 Å². The van der Waals surface area contributed by atoms with Crippen LogP contribution in [0.4, 0.5) is 5.69 Å². The number of hydrogen-bond donors (Lipinski definition) is 0. The first kappa shape index (κ1) is 20.5. The number of benzene rings is 1. The highest BCUT2D eigenvalue weighted by atomic mass is 16.5. The third-order valence-electron chi connectivity index (χ3n) is 6.51. The number of aromatic nitrogens is 4. The largest absolute Gasteiger partial charge is 0.474 e. The maximum atomic E-state index is 12.4. The first-order valence-electron chi connectivity index (χ1n) is 11.4. The Kier molecular flexibility index (Phi) is 5.02. The van der Waals surface area contributed by atoms with Gasteiger partial charge in [-0.1, -0.05) is 30.3 Å². The highest BCUT2D eigenvalue weighted by molar-refractivity contribution is 5.97. The lowest BCUT2D eigenvalue weighted by Crippen LogP contribution is -2.40. The predicted molar refractivity (Wildman–Crippen MR) is 128 cm³/mol. The van der Waals surface area contributed by atoms with Gasteiger partial charge in [-0.15, -0.1) is 0 Å². The molecule has 0 bridgehead atoms. The van der Waals surface area contributed by atoms with E-state index in [1.54, 1.807) is 6.20 Å². The highest BCUT2D eigenvalue weighted by Crippen LogP contribution is 2.37. The molecule has 0 radical (unpaired) electrons. The summed E-state index contributed by atoms with van der Waals surface area (Å²) in [5.41, 5.74) is 7.91. The van der Waals surface area contributed by atoms with Gasteiger partial charge in [-0.25, -0.2) is 4.98 Å². The molecule has 1 aromatic carbocycles. The van der Waals surface area contributed by atoms with E-state index in [1.807, 2.05) is 42.4 Å². The fourth-order valence-corrected chi connectivity index (χ4v) is 4.68. The number of ether oxygens (including phenoxy) is 1. The zero-order valence-electron chi connectivity index (χ0n) is 18.8. The summed E-state index contributed by atoms with van der Waals surface area (Å²) in [5.74, 6) is 0.690. The summed E-state index contributed by atoms with van der Waals surface area (Å²) < 4.78 is 5.77. The van der Waals surface area contributed by atoms with Gasteiger partial charge in [0.1, 0.15) is 12.3 Å². The lowest BCUT2D eigenvalue weighted by Gasteiger charge is -2.31. The van der Waals surface area contributed by atoms with Crippen molar-refractivity contribution in [1.82, 2.24) is 20.2 Å². The number of rotatable bonds is 4. The molecule has 2 aliphatic heterocycles. The molecular formula is C27H23N5O2. The lowest BCUT2D eigenvalue weighted by atomic mass is 10.0. The van der Waals surface area contributed by atoms with Crippen LogP contribution in [0.15, 0.2) is 67.1 Å². The second kappa shape index (κ2) is 8.33. The molecule has 2 aliphatic rings. The molecule has 1 saturated heterocycles. The minimum absolute atomic E-state index is 0.124. The number of fused-ring (bicyclic) bond motifs is 3. The maximum absolute atomic E-state index is 12.4. The topological polar surface area (TPSA) is 81.1 Å². The summed E-state index contributed by atoms with van der Waals surface area (Å²) in [6, 6.07) is 16.5. The molecule has 1 fully saturated rings. The molecule has 34 heavy (non-hydrogen) atoms. The van der Waals surface area contributed by atoms with E-state index >= 15 is 0 Å². The number of nitrogens with zero attached hydrogens (tertiary/aromatic N) is 5. The van der Waals surface area contributed by atoms with E-state index in [2.05, 4.69) is 50.5 Å². The van der Waals surface area contributed by atoms with Gasteiger partial charge in [0.25, 0.3) is 0 Å². The average molecular weight is 450 g/mol. The van der Waals surface area contributed by atoms with Gasteiger partial charge in [-0.2, -0.15) is 10.2 Å². The SMILES string of the molecule is Cc1ccnnc1-c1ccc(-c2ccc(Cc3cnc4c(c3)N3C(=O)CC[C@H]3CO4)nc2)cc1. The second-order valence-corrected chi connectivity index (χ2v) is 8.79. The highest BCUT2D eigenvalue weighted by Gasteiger charge is 2.38. The number of pyridine rings is 2. The molecular weight excluding hydrogens is 426 g/mol. The molecule has 0 saturated carbocycles. The Morgan fingerprint density at radius 2 is 1.82 bits per heavy atom. The molecule has 1 amide bonds. The van der Waals surface area contributed by atoms with Crippen molar-refractivity contribution in [1.29, 1.82) is 0 Å². The number of aryl methyl sites for hydroxylation is 1. The van der Waals surface area contributed by atoms with Crippen molar-refractivity contribution >= 4 is 11.6 Å². The minimum atomic E-state index is 0.124. The van der Waals surface area contributed by atoms with Crippen LogP contribution in [0.1, 0.15) is 29.7 Å². The third-order valence-corrected chi connectivity index (χ3v) is 6.51. The van der Waals surface area contributed by atoms with Gasteiger partial charge in [0, 0.05) is 48.3 Å². The number of carbonyl (C=O) groups excluding carboxylic acids is 1. The van der Waals surface area contributed by atoms with Crippen LogP contribution in [0.2, 0.25) is 0 Å².